The van der Waals surface area contributed by atoms with Crippen LogP contribution in [0.5, 0.6) is 0 Å². The van der Waals surface area contributed by atoms with Crippen LogP contribution in [0.15, 0.2) is 12.1 Å². The lowest BCUT2D eigenvalue weighted by Crippen LogP contribution is -2.45. The van der Waals surface area contributed by atoms with E-state index in [9.17, 15) is 14.4 Å². The number of benzene rings is 1. The summed E-state index contributed by atoms with van der Waals surface area (Å²) in [6, 6.07) is 3.50. The molecule has 1 aromatic carbocycles. The van der Waals surface area contributed by atoms with Gasteiger partial charge in [0, 0.05) is 19.2 Å². The zero-order valence-electron chi connectivity index (χ0n) is 14.0. The average Bonchev–Trinajstić information content (AvgIpc) is 2.88. The number of rotatable bonds is 4. The Morgan fingerprint density at radius 3 is 2.39 bits per heavy atom. The highest BCUT2D eigenvalue weighted by Crippen LogP contribution is 2.21. The number of anilines is 1. The molecular formula is C17H23N3O3. The van der Waals surface area contributed by atoms with Crippen LogP contribution in [0, 0.1) is 20.8 Å². The highest BCUT2D eigenvalue weighted by molar-refractivity contribution is 5.97. The molecule has 23 heavy (non-hydrogen) atoms. The van der Waals surface area contributed by atoms with E-state index >= 15 is 0 Å². The van der Waals surface area contributed by atoms with E-state index in [1.165, 1.54) is 4.90 Å². The summed E-state index contributed by atoms with van der Waals surface area (Å²) in [6.45, 7) is 5.85. The lowest BCUT2D eigenvalue weighted by molar-refractivity contribution is -0.135. The SMILES string of the molecule is Cc1cc(C)c(NC(=O)CN(C)C(=O)[C@H]2CCC(=O)N2)c(C)c1. The molecule has 1 aliphatic heterocycles. The summed E-state index contributed by atoms with van der Waals surface area (Å²) in [7, 11) is 1.57. The second-order valence-electron chi connectivity index (χ2n) is 6.17. The summed E-state index contributed by atoms with van der Waals surface area (Å²) in [4.78, 5) is 36.9. The van der Waals surface area contributed by atoms with Gasteiger partial charge in [0.25, 0.3) is 0 Å². The molecule has 3 amide bonds. The molecular weight excluding hydrogens is 294 g/mol. The third kappa shape index (κ3) is 4.09. The Morgan fingerprint density at radius 2 is 1.87 bits per heavy atom. The van der Waals surface area contributed by atoms with E-state index in [-0.39, 0.29) is 24.3 Å². The molecule has 0 aliphatic carbocycles. The molecule has 6 heteroatoms. The first kappa shape index (κ1) is 17.0. The fraction of sp³-hybridized carbons (Fsp3) is 0.471. The summed E-state index contributed by atoms with van der Waals surface area (Å²) >= 11 is 0. The van der Waals surface area contributed by atoms with Gasteiger partial charge in [-0.2, -0.15) is 0 Å². The van der Waals surface area contributed by atoms with Crippen LogP contribution < -0.4 is 10.6 Å². The number of nitrogens with one attached hydrogen (secondary N) is 2. The third-order valence-corrected chi connectivity index (χ3v) is 3.99. The zero-order valence-corrected chi connectivity index (χ0v) is 14.0. The number of aryl methyl sites for hydroxylation is 3. The highest BCUT2D eigenvalue weighted by atomic mass is 16.2. The number of carbonyl (C=O) groups is 3. The van der Waals surface area contributed by atoms with Gasteiger partial charge in [-0.3, -0.25) is 14.4 Å². The van der Waals surface area contributed by atoms with Gasteiger partial charge >= 0.3 is 0 Å². The lowest BCUT2D eigenvalue weighted by Gasteiger charge is -2.21. The summed E-state index contributed by atoms with van der Waals surface area (Å²) < 4.78 is 0. The molecule has 1 heterocycles. The van der Waals surface area contributed by atoms with Crippen LogP contribution in [-0.2, 0) is 14.4 Å². The van der Waals surface area contributed by atoms with E-state index < -0.39 is 6.04 Å². The molecule has 0 bridgehead atoms. The van der Waals surface area contributed by atoms with Crippen molar-refractivity contribution in [2.75, 3.05) is 18.9 Å². The summed E-state index contributed by atoms with van der Waals surface area (Å²) in [6.07, 6.45) is 0.845. The van der Waals surface area contributed by atoms with Crippen LogP contribution in [0.4, 0.5) is 5.69 Å². The van der Waals surface area contributed by atoms with E-state index in [2.05, 4.69) is 10.6 Å². The lowest BCUT2D eigenvalue weighted by atomic mass is 10.1. The number of nitrogens with zero attached hydrogens (tertiary/aromatic N) is 1. The first-order chi connectivity index (χ1) is 10.8. The molecule has 1 aliphatic rings. The van der Waals surface area contributed by atoms with Gasteiger partial charge < -0.3 is 15.5 Å². The Bertz CT molecular complexity index is 631. The minimum atomic E-state index is -0.511. The Morgan fingerprint density at radius 1 is 1.26 bits per heavy atom. The maximum absolute atomic E-state index is 12.2. The molecule has 2 N–H and O–H groups in total. The van der Waals surface area contributed by atoms with Gasteiger partial charge in [-0.1, -0.05) is 17.7 Å². The van der Waals surface area contributed by atoms with Crippen LogP contribution in [0.3, 0.4) is 0 Å². The molecule has 0 spiro atoms. The van der Waals surface area contributed by atoms with E-state index in [0.29, 0.717) is 12.8 Å². The normalized spacial score (nSPS) is 16.9. The molecule has 0 unspecified atom stereocenters. The Balaban J connectivity index is 1.97. The predicted octanol–water partition coefficient (Wildman–Crippen LogP) is 1.29. The van der Waals surface area contributed by atoms with Crippen LogP contribution in [-0.4, -0.2) is 42.3 Å². The highest BCUT2D eigenvalue weighted by Gasteiger charge is 2.30. The van der Waals surface area contributed by atoms with Crippen molar-refractivity contribution in [2.24, 2.45) is 0 Å². The maximum atomic E-state index is 12.2. The third-order valence-electron chi connectivity index (χ3n) is 3.99. The second kappa shape index (κ2) is 6.81. The average molecular weight is 317 g/mol. The van der Waals surface area contributed by atoms with E-state index in [1.54, 1.807) is 7.05 Å². The molecule has 0 aromatic heterocycles. The van der Waals surface area contributed by atoms with Gasteiger partial charge in [-0.25, -0.2) is 0 Å². The molecule has 1 fully saturated rings. The first-order valence-corrected chi connectivity index (χ1v) is 7.70. The van der Waals surface area contributed by atoms with Gasteiger partial charge in [0.15, 0.2) is 0 Å². The smallest absolute Gasteiger partial charge is 0.245 e. The van der Waals surface area contributed by atoms with Crippen molar-refractivity contribution in [1.82, 2.24) is 10.2 Å². The Labute approximate surface area is 136 Å². The van der Waals surface area contributed by atoms with Crippen molar-refractivity contribution in [2.45, 2.75) is 39.7 Å². The molecule has 0 radical (unpaired) electrons. The van der Waals surface area contributed by atoms with Crippen molar-refractivity contribution < 1.29 is 14.4 Å². The monoisotopic (exact) mass is 317 g/mol. The number of hydrogen-bond donors (Lipinski definition) is 2. The van der Waals surface area contributed by atoms with Crippen molar-refractivity contribution in [1.29, 1.82) is 0 Å². The standard InChI is InChI=1S/C17H23N3O3/c1-10-7-11(2)16(12(3)8-10)19-15(22)9-20(4)17(23)13-5-6-14(21)18-13/h7-8,13H,5-6,9H2,1-4H3,(H,18,21)(H,19,22)/t13-/m1/s1. The molecule has 1 atom stereocenters. The summed E-state index contributed by atoms with van der Waals surface area (Å²) in [5, 5.41) is 5.49. The predicted molar refractivity (Wildman–Crippen MR) is 88.1 cm³/mol. The molecule has 0 saturated carbocycles. The Hall–Kier alpha value is -2.37. The largest absolute Gasteiger partial charge is 0.344 e. The minimum absolute atomic E-state index is 0.0437. The molecule has 1 aromatic rings. The minimum Gasteiger partial charge on any atom is -0.344 e. The van der Waals surface area contributed by atoms with E-state index in [0.717, 1.165) is 22.4 Å². The van der Waals surface area contributed by atoms with Crippen LogP contribution >= 0.6 is 0 Å². The van der Waals surface area contributed by atoms with Crippen molar-refractivity contribution >= 4 is 23.4 Å². The number of amides is 3. The van der Waals surface area contributed by atoms with Crippen molar-refractivity contribution in [3.8, 4) is 0 Å². The van der Waals surface area contributed by atoms with E-state index in [1.807, 2.05) is 32.9 Å². The maximum Gasteiger partial charge on any atom is 0.245 e. The second-order valence-corrected chi connectivity index (χ2v) is 6.17. The Kier molecular flexibility index (Phi) is 5.03. The molecule has 124 valence electrons. The topological polar surface area (TPSA) is 78.5 Å². The molecule has 2 rings (SSSR count). The van der Waals surface area contributed by atoms with Gasteiger partial charge in [0.1, 0.15) is 6.04 Å². The molecule has 1 saturated heterocycles. The first-order valence-electron chi connectivity index (χ1n) is 7.70. The molecule has 6 nitrogen and oxygen atoms in total. The van der Waals surface area contributed by atoms with Crippen LogP contribution in [0.25, 0.3) is 0 Å². The van der Waals surface area contributed by atoms with Gasteiger partial charge in [0.2, 0.25) is 17.7 Å². The van der Waals surface area contributed by atoms with Crippen molar-refractivity contribution in [3.05, 3.63) is 28.8 Å². The van der Waals surface area contributed by atoms with Crippen LogP contribution in [0.2, 0.25) is 0 Å². The van der Waals surface area contributed by atoms with Gasteiger partial charge in [0.05, 0.1) is 6.54 Å². The number of carbonyl (C=O) groups excluding carboxylic acids is 3. The quantitative estimate of drug-likeness (QED) is 0.878. The van der Waals surface area contributed by atoms with Crippen molar-refractivity contribution in [3.63, 3.8) is 0 Å². The number of hydrogen-bond acceptors (Lipinski definition) is 3. The van der Waals surface area contributed by atoms with Crippen LogP contribution in [0.1, 0.15) is 29.5 Å². The van der Waals surface area contributed by atoms with E-state index in [4.69, 9.17) is 0 Å². The fourth-order valence-electron chi connectivity index (χ4n) is 2.91. The van der Waals surface area contributed by atoms with Gasteiger partial charge in [-0.05, 0) is 38.3 Å². The fourth-order valence-corrected chi connectivity index (χ4v) is 2.91. The van der Waals surface area contributed by atoms with Gasteiger partial charge in [-0.15, -0.1) is 0 Å². The zero-order chi connectivity index (χ0) is 17.1. The number of likely N-dealkylation sites (N-methyl/N-ethyl adjacent to an activating group) is 1. The summed E-state index contributed by atoms with van der Waals surface area (Å²) in [5.74, 6) is -0.601. The summed E-state index contributed by atoms with van der Waals surface area (Å²) in [5.41, 5.74) is 3.92.